The first-order valence-corrected chi connectivity index (χ1v) is 5.92. The average molecular weight is 268 g/mol. The first-order valence-electron chi connectivity index (χ1n) is 5.92. The van der Waals surface area contributed by atoms with Crippen molar-refractivity contribution in [2.75, 3.05) is 0 Å². The molecule has 0 aliphatic heterocycles. The van der Waals surface area contributed by atoms with E-state index in [1.807, 2.05) is 0 Å². The van der Waals surface area contributed by atoms with E-state index in [9.17, 15) is 13.2 Å². The lowest BCUT2D eigenvalue weighted by Crippen LogP contribution is -2.09. The number of rotatable bonds is 2. The molecule has 0 bridgehead atoms. The fourth-order valence-electron chi connectivity index (χ4n) is 1.89. The van der Waals surface area contributed by atoms with Crippen LogP contribution in [0, 0.1) is 6.92 Å². The molecule has 0 spiro atoms. The minimum absolute atomic E-state index is 0.140. The van der Waals surface area contributed by atoms with E-state index in [2.05, 4.69) is 20.2 Å². The minimum Gasteiger partial charge on any atom is -0.263 e. The molecule has 2 heterocycles. The van der Waals surface area contributed by atoms with Crippen molar-refractivity contribution in [2.45, 2.75) is 31.9 Å². The number of aromatic nitrogens is 4. The van der Waals surface area contributed by atoms with Crippen LogP contribution in [0.25, 0.3) is 11.4 Å². The van der Waals surface area contributed by atoms with Crippen molar-refractivity contribution >= 4 is 0 Å². The van der Waals surface area contributed by atoms with Crippen molar-refractivity contribution in [3.8, 4) is 11.4 Å². The number of alkyl halides is 3. The smallest absolute Gasteiger partial charge is 0.263 e. The Morgan fingerprint density at radius 2 is 1.95 bits per heavy atom. The summed E-state index contributed by atoms with van der Waals surface area (Å²) in [4.78, 5) is 7.77. The predicted octanol–water partition coefficient (Wildman–Crippen LogP) is 3.07. The quantitative estimate of drug-likeness (QED) is 0.910. The second-order valence-corrected chi connectivity index (χ2v) is 4.68. The van der Waals surface area contributed by atoms with Crippen LogP contribution in [0.4, 0.5) is 13.2 Å². The number of aromatic amines is 1. The Hall–Kier alpha value is -1.92. The number of halogens is 3. The van der Waals surface area contributed by atoms with E-state index >= 15 is 0 Å². The van der Waals surface area contributed by atoms with Crippen LogP contribution in [-0.4, -0.2) is 20.2 Å². The zero-order chi connectivity index (χ0) is 13.6. The summed E-state index contributed by atoms with van der Waals surface area (Å²) < 4.78 is 38.5. The van der Waals surface area contributed by atoms with Crippen molar-refractivity contribution in [3.63, 3.8) is 0 Å². The highest BCUT2D eigenvalue weighted by molar-refractivity contribution is 5.56. The Morgan fingerprint density at radius 3 is 2.47 bits per heavy atom. The van der Waals surface area contributed by atoms with Crippen molar-refractivity contribution < 1.29 is 13.2 Å². The van der Waals surface area contributed by atoms with E-state index in [1.54, 1.807) is 13.0 Å². The topological polar surface area (TPSA) is 54.5 Å². The summed E-state index contributed by atoms with van der Waals surface area (Å²) in [5.41, 5.74) is -0.0461. The van der Waals surface area contributed by atoms with Crippen LogP contribution < -0.4 is 0 Å². The van der Waals surface area contributed by atoms with E-state index in [0.29, 0.717) is 17.1 Å². The Balaban J connectivity index is 2.10. The minimum atomic E-state index is -4.45. The van der Waals surface area contributed by atoms with E-state index in [0.717, 1.165) is 18.9 Å². The number of hydrogen-bond acceptors (Lipinski definition) is 3. The zero-order valence-electron chi connectivity index (χ0n) is 10.1. The van der Waals surface area contributed by atoms with Gasteiger partial charge in [-0.05, 0) is 31.9 Å². The molecule has 2 aromatic heterocycles. The van der Waals surface area contributed by atoms with Crippen LogP contribution in [0.2, 0.25) is 0 Å². The highest BCUT2D eigenvalue weighted by Crippen LogP contribution is 2.41. The molecule has 0 atom stereocenters. The van der Waals surface area contributed by atoms with Gasteiger partial charge in [0.05, 0.1) is 0 Å². The van der Waals surface area contributed by atoms with Gasteiger partial charge in [-0.2, -0.15) is 18.3 Å². The molecule has 0 amide bonds. The van der Waals surface area contributed by atoms with E-state index in [-0.39, 0.29) is 11.7 Å². The van der Waals surface area contributed by atoms with Crippen molar-refractivity contribution in [1.29, 1.82) is 0 Å². The number of nitrogens with zero attached hydrogens (tertiary/aromatic N) is 3. The Labute approximate surface area is 107 Å². The first kappa shape index (κ1) is 12.1. The molecule has 7 heteroatoms. The van der Waals surface area contributed by atoms with Gasteiger partial charge in [0.2, 0.25) is 0 Å². The molecule has 1 fully saturated rings. The van der Waals surface area contributed by atoms with Gasteiger partial charge in [-0.3, -0.25) is 5.10 Å². The number of hydrogen-bond donors (Lipinski definition) is 1. The summed E-state index contributed by atoms with van der Waals surface area (Å²) >= 11 is 0. The van der Waals surface area contributed by atoms with Crippen molar-refractivity contribution in [3.05, 3.63) is 29.3 Å². The second-order valence-electron chi connectivity index (χ2n) is 4.68. The number of nitrogens with one attached hydrogen (secondary N) is 1. The third kappa shape index (κ3) is 2.45. The monoisotopic (exact) mass is 268 g/mol. The molecule has 1 aliphatic rings. The summed E-state index contributed by atoms with van der Waals surface area (Å²) in [6.45, 7) is 1.70. The molecular formula is C12H11F3N4. The predicted molar refractivity (Wildman–Crippen MR) is 61.3 cm³/mol. The van der Waals surface area contributed by atoms with Gasteiger partial charge in [0, 0.05) is 17.2 Å². The summed E-state index contributed by atoms with van der Waals surface area (Å²) in [6.07, 6.45) is -2.67. The molecular weight excluding hydrogens is 257 g/mol. The highest BCUT2D eigenvalue weighted by atomic mass is 19.4. The standard InChI is InChI=1S/C12H11F3N4/c1-6-16-11(19-18-6)8-4-9(7-2-3-7)17-10(5-8)12(13,14)15/h4-5,7H,2-3H2,1H3,(H,16,18,19). The molecule has 19 heavy (non-hydrogen) atoms. The number of H-pyrrole nitrogens is 1. The maximum absolute atomic E-state index is 12.8. The van der Waals surface area contributed by atoms with E-state index < -0.39 is 11.9 Å². The molecule has 1 N–H and O–H groups in total. The Morgan fingerprint density at radius 1 is 1.21 bits per heavy atom. The molecule has 0 unspecified atom stereocenters. The SMILES string of the molecule is Cc1nc(-c2cc(C3CC3)nc(C(F)(F)F)c2)n[nH]1. The molecule has 4 nitrogen and oxygen atoms in total. The van der Waals surface area contributed by atoms with Crippen LogP contribution in [0.15, 0.2) is 12.1 Å². The van der Waals surface area contributed by atoms with E-state index in [4.69, 9.17) is 0 Å². The second kappa shape index (κ2) is 4.04. The van der Waals surface area contributed by atoms with Crippen molar-refractivity contribution in [1.82, 2.24) is 20.2 Å². The normalized spacial score (nSPS) is 15.8. The van der Waals surface area contributed by atoms with Crippen LogP contribution in [-0.2, 0) is 6.18 Å². The third-order valence-corrected chi connectivity index (χ3v) is 2.99. The van der Waals surface area contributed by atoms with Gasteiger partial charge in [-0.25, -0.2) is 9.97 Å². The maximum Gasteiger partial charge on any atom is 0.433 e. The fourth-order valence-corrected chi connectivity index (χ4v) is 1.89. The largest absolute Gasteiger partial charge is 0.433 e. The highest BCUT2D eigenvalue weighted by Gasteiger charge is 2.35. The van der Waals surface area contributed by atoms with Crippen molar-refractivity contribution in [2.24, 2.45) is 0 Å². The number of aryl methyl sites for hydroxylation is 1. The summed E-state index contributed by atoms with van der Waals surface area (Å²) in [7, 11) is 0. The van der Waals surface area contributed by atoms with Crippen LogP contribution in [0.3, 0.4) is 0 Å². The summed E-state index contributed by atoms with van der Waals surface area (Å²) in [5, 5.41) is 6.53. The maximum atomic E-state index is 12.8. The molecule has 0 aromatic carbocycles. The summed E-state index contributed by atoms with van der Waals surface area (Å²) in [5.74, 6) is 0.974. The molecule has 1 saturated carbocycles. The lowest BCUT2D eigenvalue weighted by molar-refractivity contribution is -0.141. The van der Waals surface area contributed by atoms with Gasteiger partial charge in [0.25, 0.3) is 0 Å². The average Bonchev–Trinajstić information content (AvgIpc) is 3.10. The molecule has 100 valence electrons. The molecule has 1 aliphatic carbocycles. The number of pyridine rings is 1. The molecule has 3 rings (SSSR count). The Bertz CT molecular complexity index is 614. The first-order chi connectivity index (χ1) is 8.93. The Kier molecular flexibility index (Phi) is 2.58. The van der Waals surface area contributed by atoms with Gasteiger partial charge in [0.1, 0.15) is 11.5 Å². The van der Waals surface area contributed by atoms with Gasteiger partial charge in [-0.1, -0.05) is 0 Å². The fraction of sp³-hybridized carbons (Fsp3) is 0.417. The lowest BCUT2D eigenvalue weighted by Gasteiger charge is -2.09. The molecule has 0 radical (unpaired) electrons. The van der Waals surface area contributed by atoms with Gasteiger partial charge < -0.3 is 0 Å². The van der Waals surface area contributed by atoms with Crippen LogP contribution >= 0.6 is 0 Å². The van der Waals surface area contributed by atoms with Crippen LogP contribution in [0.1, 0.15) is 36.0 Å². The summed E-state index contributed by atoms with van der Waals surface area (Å²) in [6, 6.07) is 2.64. The zero-order valence-corrected chi connectivity index (χ0v) is 10.1. The van der Waals surface area contributed by atoms with E-state index in [1.165, 1.54) is 0 Å². The van der Waals surface area contributed by atoms with Gasteiger partial charge in [-0.15, -0.1) is 0 Å². The lowest BCUT2D eigenvalue weighted by atomic mass is 10.1. The third-order valence-electron chi connectivity index (χ3n) is 2.99. The molecule has 0 saturated heterocycles. The van der Waals surface area contributed by atoms with Gasteiger partial charge >= 0.3 is 6.18 Å². The molecule has 2 aromatic rings. The van der Waals surface area contributed by atoms with Gasteiger partial charge in [0.15, 0.2) is 5.82 Å². The van der Waals surface area contributed by atoms with Crippen LogP contribution in [0.5, 0.6) is 0 Å².